The summed E-state index contributed by atoms with van der Waals surface area (Å²) in [5, 5.41) is 30.8. The summed E-state index contributed by atoms with van der Waals surface area (Å²) >= 11 is 11.8. The van der Waals surface area contributed by atoms with Crippen molar-refractivity contribution in [3.8, 4) is 11.5 Å². The molecule has 0 bridgehead atoms. The van der Waals surface area contributed by atoms with Gasteiger partial charge in [-0.3, -0.25) is 19.5 Å². The second kappa shape index (κ2) is 11.3. The van der Waals surface area contributed by atoms with Crippen LogP contribution in [0.25, 0.3) is 5.76 Å². The average Bonchev–Trinajstić information content (AvgIpc) is 3.52. The molecule has 2 aromatic carbocycles. The van der Waals surface area contributed by atoms with Gasteiger partial charge in [0.25, 0.3) is 5.78 Å². The van der Waals surface area contributed by atoms with Crippen LogP contribution in [0.1, 0.15) is 22.7 Å². The Kier molecular flexibility index (Phi) is 7.89. The van der Waals surface area contributed by atoms with Crippen LogP contribution in [0.4, 0.5) is 5.13 Å². The highest BCUT2D eigenvalue weighted by Crippen LogP contribution is 2.47. The number of amides is 1. The monoisotopic (exact) mass is 644 g/mol. The Balaban J connectivity index is 1.58. The number of aliphatic hydroxyl groups is 1. The summed E-state index contributed by atoms with van der Waals surface area (Å²) in [4.78, 5) is 31.9. The van der Waals surface area contributed by atoms with E-state index in [1.165, 1.54) is 54.4 Å². The normalized spacial score (nSPS) is 16.6. The number of carbonyl (C=O) groups is 2. The maximum absolute atomic E-state index is 13.4. The second-order valence-corrected chi connectivity index (χ2v) is 11.7. The van der Waals surface area contributed by atoms with Crippen LogP contribution in [0.3, 0.4) is 0 Å². The number of anilines is 1. The van der Waals surface area contributed by atoms with E-state index in [1.54, 1.807) is 18.2 Å². The van der Waals surface area contributed by atoms with E-state index >= 15 is 0 Å². The van der Waals surface area contributed by atoms with Crippen LogP contribution in [0, 0.1) is 0 Å². The number of phenolic OH excluding ortho intramolecular Hbond substituents is 1. The number of aliphatic hydroxyl groups excluding tert-OH is 1. The molecule has 0 saturated carbocycles. The summed E-state index contributed by atoms with van der Waals surface area (Å²) in [7, 11) is 1.38. The van der Waals surface area contributed by atoms with Gasteiger partial charge in [0, 0.05) is 28.7 Å². The largest absolute Gasteiger partial charge is 0.507 e. The minimum Gasteiger partial charge on any atom is -0.507 e. The van der Waals surface area contributed by atoms with E-state index < -0.39 is 17.7 Å². The third-order valence-corrected chi connectivity index (χ3v) is 8.85. The minimum absolute atomic E-state index is 0.116. The van der Waals surface area contributed by atoms with E-state index in [0.29, 0.717) is 26.2 Å². The van der Waals surface area contributed by atoms with E-state index in [9.17, 15) is 19.8 Å². The van der Waals surface area contributed by atoms with Gasteiger partial charge in [0.1, 0.15) is 5.76 Å². The van der Waals surface area contributed by atoms with Crippen LogP contribution in [-0.4, -0.2) is 44.2 Å². The number of hydrogen-bond donors (Lipinski definition) is 2. The molecule has 1 unspecified atom stereocenters. The number of phenols is 1. The van der Waals surface area contributed by atoms with Crippen molar-refractivity contribution in [1.82, 2.24) is 15.2 Å². The van der Waals surface area contributed by atoms with Gasteiger partial charge in [-0.05, 0) is 63.5 Å². The molecule has 1 fully saturated rings. The standard InChI is InChI=1S/C26H18BrClN4O5S2/c1-37-18-11-15(10-17(27)22(18)34)20-19(21(33)14-6-8-29-9-7-14)23(35)24(36)32(20)25-30-31-26(39-25)38-12-13-2-4-16(28)5-3-13/h2-11,20,33-34H,12H2,1H3. The number of methoxy groups -OCH3 is 1. The van der Waals surface area contributed by atoms with Crippen molar-refractivity contribution in [2.45, 2.75) is 16.1 Å². The molecule has 0 spiro atoms. The first-order valence-electron chi connectivity index (χ1n) is 11.3. The maximum Gasteiger partial charge on any atom is 0.301 e. The van der Waals surface area contributed by atoms with Crippen LogP contribution in [-0.2, 0) is 15.3 Å². The van der Waals surface area contributed by atoms with Crippen LogP contribution < -0.4 is 9.64 Å². The molecule has 1 saturated heterocycles. The zero-order valence-corrected chi connectivity index (χ0v) is 24.0. The number of hydrogen-bond acceptors (Lipinski definition) is 10. The number of thioether (sulfide) groups is 1. The summed E-state index contributed by atoms with van der Waals surface area (Å²) in [6.07, 6.45) is 2.93. The molecule has 0 radical (unpaired) electrons. The molecule has 39 heavy (non-hydrogen) atoms. The Hall–Kier alpha value is -3.45. The highest BCUT2D eigenvalue weighted by molar-refractivity contribution is 9.10. The number of Topliss-reactive ketones (excluding diaryl/α,β-unsaturated/α-hetero) is 1. The minimum atomic E-state index is -1.08. The van der Waals surface area contributed by atoms with E-state index in [4.69, 9.17) is 16.3 Å². The van der Waals surface area contributed by atoms with Crippen molar-refractivity contribution in [3.63, 3.8) is 0 Å². The molecule has 1 atom stereocenters. The topological polar surface area (TPSA) is 126 Å². The number of pyridine rings is 1. The van der Waals surface area contributed by atoms with Crippen molar-refractivity contribution in [3.05, 3.63) is 92.7 Å². The first kappa shape index (κ1) is 27.1. The van der Waals surface area contributed by atoms with E-state index in [2.05, 4.69) is 31.1 Å². The summed E-state index contributed by atoms with van der Waals surface area (Å²) in [6, 6.07) is 12.5. The number of aromatic hydroxyl groups is 1. The Morgan fingerprint density at radius 1 is 1.15 bits per heavy atom. The zero-order chi connectivity index (χ0) is 27.7. The Morgan fingerprint density at radius 3 is 2.56 bits per heavy atom. The number of benzene rings is 2. The van der Waals surface area contributed by atoms with Crippen LogP contribution in [0.15, 0.2) is 75.3 Å². The fourth-order valence-electron chi connectivity index (χ4n) is 4.00. The third kappa shape index (κ3) is 5.37. The van der Waals surface area contributed by atoms with Crippen LogP contribution in [0.5, 0.6) is 11.5 Å². The number of rotatable bonds is 7. The van der Waals surface area contributed by atoms with Gasteiger partial charge in [0.05, 0.1) is 23.2 Å². The van der Waals surface area contributed by atoms with Gasteiger partial charge in [-0.15, -0.1) is 10.2 Å². The number of halogens is 2. The van der Waals surface area contributed by atoms with Gasteiger partial charge in [-0.1, -0.05) is 46.8 Å². The average molecular weight is 646 g/mol. The lowest BCUT2D eigenvalue weighted by Gasteiger charge is -2.23. The predicted molar refractivity (Wildman–Crippen MR) is 152 cm³/mol. The molecule has 1 aliphatic rings. The zero-order valence-electron chi connectivity index (χ0n) is 20.0. The molecule has 1 amide bonds. The fourth-order valence-corrected chi connectivity index (χ4v) is 6.41. The Bertz CT molecular complexity index is 1600. The number of ketones is 1. The van der Waals surface area contributed by atoms with E-state index in [0.717, 1.165) is 16.9 Å². The SMILES string of the molecule is COc1cc(C2C(=C(O)c3ccncc3)C(=O)C(=O)N2c2nnc(SCc3ccc(Cl)cc3)s2)cc(Br)c1O. The molecule has 4 aromatic rings. The molecular formula is C26H18BrClN4O5S2. The Labute approximate surface area is 244 Å². The molecular weight excluding hydrogens is 628 g/mol. The lowest BCUT2D eigenvalue weighted by atomic mass is 9.95. The summed E-state index contributed by atoms with van der Waals surface area (Å²) in [5.41, 5.74) is 1.60. The smallest absolute Gasteiger partial charge is 0.301 e. The number of carbonyl (C=O) groups excluding carboxylic acids is 2. The predicted octanol–water partition coefficient (Wildman–Crippen LogP) is 5.98. The van der Waals surface area contributed by atoms with Gasteiger partial charge < -0.3 is 14.9 Å². The molecule has 2 N–H and O–H groups in total. The van der Waals surface area contributed by atoms with Gasteiger partial charge in [0.15, 0.2) is 15.8 Å². The van der Waals surface area contributed by atoms with Crippen molar-refractivity contribution in [1.29, 1.82) is 0 Å². The first-order chi connectivity index (χ1) is 18.8. The summed E-state index contributed by atoms with van der Waals surface area (Å²) in [5.74, 6) is -1.56. The van der Waals surface area contributed by atoms with Gasteiger partial charge in [-0.2, -0.15) is 0 Å². The lowest BCUT2D eigenvalue weighted by molar-refractivity contribution is -0.132. The highest BCUT2D eigenvalue weighted by atomic mass is 79.9. The van der Waals surface area contributed by atoms with Crippen molar-refractivity contribution >= 4 is 73.2 Å². The molecule has 0 aliphatic carbocycles. The third-order valence-electron chi connectivity index (χ3n) is 5.86. The molecule has 9 nitrogen and oxygen atoms in total. The first-order valence-corrected chi connectivity index (χ1v) is 14.2. The number of ether oxygens (including phenoxy) is 1. The number of nitrogens with zero attached hydrogens (tertiary/aromatic N) is 4. The second-order valence-electron chi connectivity index (χ2n) is 8.22. The van der Waals surface area contributed by atoms with Gasteiger partial charge >= 0.3 is 5.91 Å². The molecule has 2 aromatic heterocycles. The molecule has 13 heteroatoms. The van der Waals surface area contributed by atoms with Gasteiger partial charge in [-0.25, -0.2) is 0 Å². The van der Waals surface area contributed by atoms with E-state index in [-0.39, 0.29) is 32.4 Å². The Morgan fingerprint density at radius 2 is 1.87 bits per heavy atom. The summed E-state index contributed by atoms with van der Waals surface area (Å²) < 4.78 is 6.16. The molecule has 3 heterocycles. The fraction of sp³-hybridized carbons (Fsp3) is 0.115. The molecule has 198 valence electrons. The van der Waals surface area contributed by atoms with E-state index in [1.807, 2.05) is 12.1 Å². The lowest BCUT2D eigenvalue weighted by Crippen LogP contribution is -2.29. The van der Waals surface area contributed by atoms with Crippen molar-refractivity contribution in [2.75, 3.05) is 12.0 Å². The van der Waals surface area contributed by atoms with Crippen LogP contribution in [0.2, 0.25) is 5.02 Å². The maximum atomic E-state index is 13.4. The highest BCUT2D eigenvalue weighted by Gasteiger charge is 2.48. The molecule has 5 rings (SSSR count). The van der Waals surface area contributed by atoms with Crippen molar-refractivity contribution < 1.29 is 24.5 Å². The van der Waals surface area contributed by atoms with Crippen molar-refractivity contribution in [2.24, 2.45) is 0 Å². The number of aromatic nitrogens is 3. The van der Waals surface area contributed by atoms with Gasteiger partial charge in [0.2, 0.25) is 5.13 Å². The quantitative estimate of drug-likeness (QED) is 0.0821. The van der Waals surface area contributed by atoms with Crippen LogP contribution >= 0.6 is 50.6 Å². The molecule has 1 aliphatic heterocycles. The summed E-state index contributed by atoms with van der Waals surface area (Å²) in [6.45, 7) is 0.